The first-order valence-corrected chi connectivity index (χ1v) is 5.60. The Morgan fingerprint density at radius 2 is 1.83 bits per heavy atom. The van der Waals surface area contributed by atoms with Crippen LogP contribution in [0.3, 0.4) is 0 Å². The maximum Gasteiger partial charge on any atom is 0.165 e. The average molecular weight is 244 g/mol. The van der Waals surface area contributed by atoms with Crippen molar-refractivity contribution in [3.8, 4) is 5.75 Å². The van der Waals surface area contributed by atoms with Gasteiger partial charge in [-0.05, 0) is 23.3 Å². The molecule has 1 atom stereocenters. The van der Waals surface area contributed by atoms with Gasteiger partial charge in [-0.2, -0.15) is 0 Å². The van der Waals surface area contributed by atoms with Gasteiger partial charge >= 0.3 is 0 Å². The fourth-order valence-electron chi connectivity index (χ4n) is 1.88. The van der Waals surface area contributed by atoms with E-state index >= 15 is 0 Å². The van der Waals surface area contributed by atoms with E-state index in [0.29, 0.717) is 0 Å². The minimum Gasteiger partial charge on any atom is -0.494 e. The lowest BCUT2D eigenvalue weighted by atomic mass is 9.92. The quantitative estimate of drug-likeness (QED) is 0.772. The fourth-order valence-corrected chi connectivity index (χ4v) is 1.88. The minimum atomic E-state index is -0.432. The van der Waals surface area contributed by atoms with E-state index < -0.39 is 11.7 Å². The molecule has 0 N–H and O–H groups in total. The van der Waals surface area contributed by atoms with Gasteiger partial charge < -0.3 is 9.53 Å². The van der Waals surface area contributed by atoms with E-state index in [2.05, 4.69) is 0 Å². The summed E-state index contributed by atoms with van der Waals surface area (Å²) in [6.45, 7) is 0. The smallest absolute Gasteiger partial charge is 0.165 e. The highest BCUT2D eigenvalue weighted by Gasteiger charge is 2.15. The van der Waals surface area contributed by atoms with Crippen LogP contribution in [-0.4, -0.2) is 13.4 Å². The lowest BCUT2D eigenvalue weighted by Crippen LogP contribution is -2.03. The molecule has 18 heavy (non-hydrogen) atoms. The van der Waals surface area contributed by atoms with Crippen LogP contribution in [0.5, 0.6) is 5.75 Å². The van der Waals surface area contributed by atoms with E-state index in [1.54, 1.807) is 12.1 Å². The first-order chi connectivity index (χ1) is 8.76. The Morgan fingerprint density at radius 1 is 1.11 bits per heavy atom. The summed E-state index contributed by atoms with van der Waals surface area (Å²) in [5.74, 6) is -0.685. The predicted molar refractivity (Wildman–Crippen MR) is 67.3 cm³/mol. The molecule has 3 heteroatoms. The molecule has 2 nitrogen and oxygen atoms in total. The number of ether oxygens (including phenoxy) is 1. The normalized spacial score (nSPS) is 11.9. The van der Waals surface area contributed by atoms with Gasteiger partial charge in [0.1, 0.15) is 6.29 Å². The maximum atomic E-state index is 13.3. The Labute approximate surface area is 105 Å². The highest BCUT2D eigenvalue weighted by molar-refractivity contribution is 5.68. The van der Waals surface area contributed by atoms with Crippen molar-refractivity contribution in [1.82, 2.24) is 0 Å². The molecule has 2 aromatic carbocycles. The number of hydrogen-bond acceptors (Lipinski definition) is 2. The highest BCUT2D eigenvalue weighted by atomic mass is 19.1. The number of benzene rings is 2. The zero-order valence-electron chi connectivity index (χ0n) is 9.97. The van der Waals surface area contributed by atoms with Crippen LogP contribution in [0.25, 0.3) is 0 Å². The highest BCUT2D eigenvalue weighted by Crippen LogP contribution is 2.27. The van der Waals surface area contributed by atoms with Gasteiger partial charge in [-0.15, -0.1) is 0 Å². The number of methoxy groups -OCH3 is 1. The van der Waals surface area contributed by atoms with E-state index in [1.807, 2.05) is 30.3 Å². The van der Waals surface area contributed by atoms with E-state index in [0.717, 1.165) is 17.4 Å². The molecule has 0 fully saturated rings. The van der Waals surface area contributed by atoms with Crippen molar-refractivity contribution in [3.05, 3.63) is 65.5 Å². The van der Waals surface area contributed by atoms with E-state index in [-0.39, 0.29) is 5.75 Å². The van der Waals surface area contributed by atoms with Crippen molar-refractivity contribution in [2.45, 2.75) is 5.92 Å². The SMILES string of the molecule is COc1cc(C(C=O)c2ccccc2)ccc1F. The van der Waals surface area contributed by atoms with Crippen LogP contribution in [0, 0.1) is 5.82 Å². The molecule has 92 valence electrons. The standard InChI is InChI=1S/C15H13FO2/c1-18-15-9-12(7-8-14(15)16)13(10-17)11-5-3-2-4-6-11/h2-10,13H,1H3. The lowest BCUT2D eigenvalue weighted by Gasteiger charge is -2.12. The first-order valence-electron chi connectivity index (χ1n) is 5.60. The second kappa shape index (κ2) is 5.45. The molecule has 0 aliphatic heterocycles. The monoisotopic (exact) mass is 244 g/mol. The summed E-state index contributed by atoms with van der Waals surface area (Å²) in [6, 6.07) is 13.8. The first kappa shape index (κ1) is 12.3. The van der Waals surface area contributed by atoms with Gasteiger partial charge in [0, 0.05) is 0 Å². The molecular weight excluding hydrogens is 231 g/mol. The van der Waals surface area contributed by atoms with Gasteiger partial charge in [0.2, 0.25) is 0 Å². The summed E-state index contributed by atoms with van der Waals surface area (Å²) in [5.41, 5.74) is 1.59. The van der Waals surface area contributed by atoms with Crippen LogP contribution < -0.4 is 4.74 Å². The summed E-state index contributed by atoms with van der Waals surface area (Å²) < 4.78 is 18.3. The summed E-state index contributed by atoms with van der Waals surface area (Å²) >= 11 is 0. The molecule has 0 radical (unpaired) electrons. The Balaban J connectivity index is 2.42. The van der Waals surface area contributed by atoms with Crippen molar-refractivity contribution in [3.63, 3.8) is 0 Å². The van der Waals surface area contributed by atoms with Crippen LogP contribution in [0.4, 0.5) is 4.39 Å². The third-order valence-corrected chi connectivity index (χ3v) is 2.83. The van der Waals surface area contributed by atoms with Gasteiger partial charge in [0.25, 0.3) is 0 Å². The molecule has 0 aromatic heterocycles. The fraction of sp³-hybridized carbons (Fsp3) is 0.133. The zero-order valence-corrected chi connectivity index (χ0v) is 9.97. The maximum absolute atomic E-state index is 13.3. The van der Waals surface area contributed by atoms with Gasteiger partial charge in [-0.1, -0.05) is 36.4 Å². The molecule has 0 heterocycles. The van der Waals surface area contributed by atoms with Gasteiger partial charge in [0.15, 0.2) is 11.6 Å². The molecule has 0 saturated heterocycles. The second-order valence-corrected chi connectivity index (χ2v) is 3.92. The number of carbonyl (C=O) groups excluding carboxylic acids is 1. The number of halogens is 1. The summed E-state index contributed by atoms with van der Waals surface area (Å²) in [7, 11) is 1.40. The van der Waals surface area contributed by atoms with E-state index in [1.165, 1.54) is 13.2 Å². The van der Waals surface area contributed by atoms with Crippen LogP contribution in [-0.2, 0) is 4.79 Å². The number of carbonyl (C=O) groups is 1. The van der Waals surface area contributed by atoms with Crippen molar-refractivity contribution in [1.29, 1.82) is 0 Å². The largest absolute Gasteiger partial charge is 0.494 e. The van der Waals surface area contributed by atoms with Crippen LogP contribution in [0.2, 0.25) is 0 Å². The summed E-state index contributed by atoms with van der Waals surface area (Å²) in [6.07, 6.45) is 0.849. The minimum absolute atomic E-state index is 0.148. The zero-order chi connectivity index (χ0) is 13.0. The molecule has 0 saturated carbocycles. The van der Waals surface area contributed by atoms with Crippen LogP contribution >= 0.6 is 0 Å². The van der Waals surface area contributed by atoms with E-state index in [4.69, 9.17) is 4.74 Å². The molecule has 0 bridgehead atoms. The third-order valence-electron chi connectivity index (χ3n) is 2.83. The Kier molecular flexibility index (Phi) is 3.72. The predicted octanol–water partition coefficient (Wildman–Crippen LogP) is 3.17. The molecule has 0 spiro atoms. The number of hydrogen-bond donors (Lipinski definition) is 0. The second-order valence-electron chi connectivity index (χ2n) is 3.92. The average Bonchev–Trinajstić information content (AvgIpc) is 2.42. The Bertz CT molecular complexity index is 537. The number of rotatable bonds is 4. The molecular formula is C15H13FO2. The van der Waals surface area contributed by atoms with E-state index in [9.17, 15) is 9.18 Å². The van der Waals surface area contributed by atoms with Crippen molar-refractivity contribution >= 4 is 6.29 Å². The molecule has 0 aliphatic rings. The summed E-state index contributed by atoms with van der Waals surface area (Å²) in [4.78, 5) is 11.3. The van der Waals surface area contributed by atoms with Gasteiger partial charge in [0.05, 0.1) is 13.0 Å². The molecule has 1 unspecified atom stereocenters. The molecule has 0 amide bonds. The topological polar surface area (TPSA) is 26.3 Å². The van der Waals surface area contributed by atoms with Crippen molar-refractivity contribution < 1.29 is 13.9 Å². The third kappa shape index (κ3) is 2.40. The molecule has 0 aliphatic carbocycles. The lowest BCUT2D eigenvalue weighted by molar-refractivity contribution is -0.108. The number of aldehydes is 1. The van der Waals surface area contributed by atoms with Crippen molar-refractivity contribution in [2.24, 2.45) is 0 Å². The van der Waals surface area contributed by atoms with Gasteiger partial charge in [-0.3, -0.25) is 0 Å². The summed E-state index contributed by atoms with van der Waals surface area (Å²) in [5, 5.41) is 0. The molecule has 2 rings (SSSR count). The van der Waals surface area contributed by atoms with Gasteiger partial charge in [-0.25, -0.2) is 4.39 Å². The van der Waals surface area contributed by atoms with Crippen LogP contribution in [0.1, 0.15) is 17.0 Å². The molecule has 2 aromatic rings. The van der Waals surface area contributed by atoms with Crippen molar-refractivity contribution in [2.75, 3.05) is 7.11 Å². The Morgan fingerprint density at radius 3 is 2.44 bits per heavy atom. The Hall–Kier alpha value is -2.16. The van der Waals surface area contributed by atoms with Crippen LogP contribution in [0.15, 0.2) is 48.5 Å².